The molecule has 0 bridgehead atoms. The molecule has 0 amide bonds. The molecule has 1 aromatic carbocycles. The van der Waals surface area contributed by atoms with Crippen LogP contribution >= 0.6 is 15.9 Å². The van der Waals surface area contributed by atoms with Crippen LogP contribution in [0.25, 0.3) is 0 Å². The van der Waals surface area contributed by atoms with Gasteiger partial charge in [-0.25, -0.2) is 8.78 Å². The van der Waals surface area contributed by atoms with Gasteiger partial charge < -0.3 is 0 Å². The fraction of sp³-hybridized carbons (Fsp3) is 0.455. The summed E-state index contributed by atoms with van der Waals surface area (Å²) in [6.45, 7) is 2.21. The second-order valence-corrected chi connectivity index (χ2v) is 4.56. The van der Waals surface area contributed by atoms with Crippen LogP contribution in [0.4, 0.5) is 8.78 Å². The Morgan fingerprint density at radius 2 is 1.87 bits per heavy atom. The van der Waals surface area contributed by atoms with Crippen LogP contribution in [0.2, 0.25) is 0 Å². The van der Waals surface area contributed by atoms with Gasteiger partial charge in [0, 0.05) is 30.5 Å². The monoisotopic (exact) mass is 275 g/mol. The summed E-state index contributed by atoms with van der Waals surface area (Å²) >= 11 is 3.39. The van der Waals surface area contributed by atoms with Gasteiger partial charge in [-0.2, -0.15) is 0 Å². The molecule has 0 aromatic heterocycles. The van der Waals surface area contributed by atoms with Crippen molar-refractivity contribution in [3.8, 4) is 0 Å². The van der Waals surface area contributed by atoms with Crippen molar-refractivity contribution in [2.75, 3.05) is 18.4 Å². The fourth-order valence-electron chi connectivity index (χ4n) is 1.81. The maximum Gasteiger partial charge on any atom is 0.130 e. The van der Waals surface area contributed by atoms with Crippen LogP contribution in [-0.2, 0) is 6.54 Å². The Hall–Kier alpha value is -0.480. The highest BCUT2D eigenvalue weighted by Crippen LogP contribution is 2.22. The number of benzene rings is 1. The summed E-state index contributed by atoms with van der Waals surface area (Å²) in [7, 11) is 0. The number of halogens is 3. The molecule has 0 N–H and O–H groups in total. The van der Waals surface area contributed by atoms with Crippen LogP contribution in [0, 0.1) is 17.6 Å². The highest BCUT2D eigenvalue weighted by molar-refractivity contribution is 9.09. The van der Waals surface area contributed by atoms with E-state index >= 15 is 0 Å². The number of rotatable bonds is 3. The lowest BCUT2D eigenvalue weighted by atomic mass is 10.0. The third kappa shape index (κ3) is 2.37. The van der Waals surface area contributed by atoms with E-state index in [-0.39, 0.29) is 5.56 Å². The van der Waals surface area contributed by atoms with Gasteiger partial charge in [0.25, 0.3) is 0 Å². The minimum Gasteiger partial charge on any atom is -0.298 e. The summed E-state index contributed by atoms with van der Waals surface area (Å²) in [5.41, 5.74) is 0.186. The molecule has 1 aromatic rings. The zero-order chi connectivity index (χ0) is 10.8. The molecule has 1 fully saturated rings. The molecule has 0 spiro atoms. The number of hydrogen-bond donors (Lipinski definition) is 0. The Balaban J connectivity index is 2.00. The SMILES string of the molecule is Fc1cccc(F)c1CN1CC(CBr)C1. The lowest BCUT2D eigenvalue weighted by Gasteiger charge is -2.38. The van der Waals surface area contributed by atoms with E-state index in [9.17, 15) is 8.78 Å². The zero-order valence-electron chi connectivity index (χ0n) is 8.22. The maximum atomic E-state index is 13.3. The number of nitrogens with zero attached hydrogens (tertiary/aromatic N) is 1. The van der Waals surface area contributed by atoms with Crippen LogP contribution in [0.1, 0.15) is 5.56 Å². The van der Waals surface area contributed by atoms with Crippen molar-refractivity contribution in [3.05, 3.63) is 35.4 Å². The zero-order valence-corrected chi connectivity index (χ0v) is 9.80. The van der Waals surface area contributed by atoms with Crippen molar-refractivity contribution >= 4 is 15.9 Å². The standard InChI is InChI=1S/C11H12BrF2N/c12-4-8-5-15(6-8)7-9-10(13)2-1-3-11(9)14/h1-3,8H,4-7H2. The molecule has 1 aliphatic rings. The Morgan fingerprint density at radius 1 is 1.27 bits per heavy atom. The molecule has 1 nitrogen and oxygen atoms in total. The molecular weight excluding hydrogens is 264 g/mol. The molecule has 0 saturated carbocycles. The van der Waals surface area contributed by atoms with Crippen molar-refractivity contribution in [2.45, 2.75) is 6.54 Å². The van der Waals surface area contributed by atoms with Crippen LogP contribution in [-0.4, -0.2) is 23.3 Å². The van der Waals surface area contributed by atoms with E-state index in [1.165, 1.54) is 18.2 Å². The van der Waals surface area contributed by atoms with E-state index in [1.54, 1.807) is 0 Å². The molecule has 1 aliphatic heterocycles. The van der Waals surface area contributed by atoms with Gasteiger partial charge in [0.2, 0.25) is 0 Å². The van der Waals surface area contributed by atoms with Gasteiger partial charge in [0.05, 0.1) is 0 Å². The molecular formula is C11H12BrF2N. The molecule has 0 aliphatic carbocycles. The van der Waals surface area contributed by atoms with E-state index in [0.29, 0.717) is 12.5 Å². The predicted molar refractivity (Wildman–Crippen MR) is 58.9 cm³/mol. The van der Waals surface area contributed by atoms with E-state index < -0.39 is 11.6 Å². The van der Waals surface area contributed by atoms with Crippen molar-refractivity contribution in [1.82, 2.24) is 4.90 Å². The molecule has 1 saturated heterocycles. The molecule has 82 valence electrons. The third-order valence-electron chi connectivity index (χ3n) is 2.69. The van der Waals surface area contributed by atoms with Crippen LogP contribution in [0.15, 0.2) is 18.2 Å². The third-order valence-corrected chi connectivity index (χ3v) is 3.61. The van der Waals surface area contributed by atoms with Gasteiger partial charge in [0.1, 0.15) is 11.6 Å². The van der Waals surface area contributed by atoms with Crippen LogP contribution in [0.3, 0.4) is 0 Å². The van der Waals surface area contributed by atoms with Gasteiger partial charge in [-0.1, -0.05) is 22.0 Å². The minimum atomic E-state index is -0.447. The Labute approximate surface area is 96.2 Å². The van der Waals surface area contributed by atoms with Crippen molar-refractivity contribution in [2.24, 2.45) is 5.92 Å². The van der Waals surface area contributed by atoms with Crippen molar-refractivity contribution in [1.29, 1.82) is 0 Å². The van der Waals surface area contributed by atoms with E-state index in [2.05, 4.69) is 15.9 Å². The molecule has 0 unspecified atom stereocenters. The fourth-order valence-corrected chi connectivity index (χ4v) is 2.22. The van der Waals surface area contributed by atoms with Crippen molar-refractivity contribution < 1.29 is 8.78 Å². The number of alkyl halides is 1. The Bertz CT molecular complexity index is 330. The lowest BCUT2D eigenvalue weighted by molar-refractivity contribution is 0.105. The summed E-state index contributed by atoms with van der Waals surface area (Å²) in [4.78, 5) is 2.05. The Morgan fingerprint density at radius 3 is 2.40 bits per heavy atom. The second kappa shape index (κ2) is 4.58. The highest BCUT2D eigenvalue weighted by Gasteiger charge is 2.26. The minimum absolute atomic E-state index is 0.186. The molecule has 15 heavy (non-hydrogen) atoms. The molecule has 2 rings (SSSR count). The first-order chi connectivity index (χ1) is 7.20. The summed E-state index contributed by atoms with van der Waals surface area (Å²) in [5.74, 6) is -0.269. The highest BCUT2D eigenvalue weighted by atomic mass is 79.9. The first-order valence-corrected chi connectivity index (χ1v) is 6.04. The van der Waals surface area contributed by atoms with Gasteiger partial charge >= 0.3 is 0 Å². The molecule has 0 atom stereocenters. The largest absolute Gasteiger partial charge is 0.298 e. The second-order valence-electron chi connectivity index (χ2n) is 3.91. The van der Waals surface area contributed by atoms with Gasteiger partial charge in [-0.15, -0.1) is 0 Å². The maximum absolute atomic E-state index is 13.3. The topological polar surface area (TPSA) is 3.24 Å². The van der Waals surface area contributed by atoms with E-state index in [0.717, 1.165) is 18.4 Å². The summed E-state index contributed by atoms with van der Waals surface area (Å²) in [6.07, 6.45) is 0. The van der Waals surface area contributed by atoms with Crippen LogP contribution in [0.5, 0.6) is 0 Å². The average molecular weight is 276 g/mol. The Kier molecular flexibility index (Phi) is 3.36. The van der Waals surface area contributed by atoms with Crippen molar-refractivity contribution in [3.63, 3.8) is 0 Å². The molecule has 4 heteroatoms. The van der Waals surface area contributed by atoms with E-state index in [4.69, 9.17) is 0 Å². The quantitative estimate of drug-likeness (QED) is 0.767. The van der Waals surface area contributed by atoms with Gasteiger partial charge in [-0.3, -0.25) is 4.90 Å². The van der Waals surface area contributed by atoms with E-state index in [1.807, 2.05) is 4.90 Å². The van der Waals surface area contributed by atoms with Gasteiger partial charge in [-0.05, 0) is 18.1 Å². The first kappa shape index (κ1) is 11.0. The van der Waals surface area contributed by atoms with Gasteiger partial charge in [0.15, 0.2) is 0 Å². The summed E-state index contributed by atoms with van der Waals surface area (Å²) in [6, 6.07) is 4.01. The summed E-state index contributed by atoms with van der Waals surface area (Å²) in [5, 5.41) is 0.962. The first-order valence-electron chi connectivity index (χ1n) is 4.92. The lowest BCUT2D eigenvalue weighted by Crippen LogP contribution is -2.46. The summed E-state index contributed by atoms with van der Waals surface area (Å²) < 4.78 is 26.5. The number of likely N-dealkylation sites (tertiary alicyclic amines) is 1. The number of hydrogen-bond acceptors (Lipinski definition) is 1. The average Bonchev–Trinajstić information content (AvgIpc) is 2.14. The normalized spacial score (nSPS) is 17.8. The van der Waals surface area contributed by atoms with Crippen LogP contribution < -0.4 is 0 Å². The molecule has 1 heterocycles. The molecule has 0 radical (unpaired) electrons. The smallest absolute Gasteiger partial charge is 0.130 e. The predicted octanol–water partition coefficient (Wildman–Crippen LogP) is 2.79.